The van der Waals surface area contributed by atoms with Crippen LogP contribution in [0.5, 0.6) is 5.75 Å². The van der Waals surface area contributed by atoms with E-state index in [4.69, 9.17) is 4.74 Å². The van der Waals surface area contributed by atoms with E-state index in [1.165, 1.54) is 0 Å². The summed E-state index contributed by atoms with van der Waals surface area (Å²) in [7, 11) is 3.60. The van der Waals surface area contributed by atoms with E-state index in [1.807, 2.05) is 85.6 Å². The third-order valence-corrected chi connectivity index (χ3v) is 8.09. The Hall–Kier alpha value is -3.88. The summed E-state index contributed by atoms with van der Waals surface area (Å²) < 4.78 is 5.39. The molecule has 42 heavy (non-hydrogen) atoms. The third-order valence-electron chi connectivity index (χ3n) is 8.09. The standard InChI is InChI=1S/C34H44N4O4/c1-6-37(4)27-19-25(20-28(22-27)38-17-11-16-32(38)40)33(41)36-30(18-24-12-8-7-9-13-24)31(39)23-35-34(2,3)26-14-10-15-29(21-26)42-5/h7-10,12-15,19-22,30-31,35,39H,6,11,16-18,23H2,1-5H3,(H,36,41)/t30-,31-/m0/s1. The fraction of sp³-hybridized carbons (Fsp3) is 0.412. The average molecular weight is 573 g/mol. The molecular formula is C34H44N4O4. The minimum Gasteiger partial charge on any atom is -0.497 e. The summed E-state index contributed by atoms with van der Waals surface area (Å²) in [4.78, 5) is 30.1. The van der Waals surface area contributed by atoms with Gasteiger partial charge in [0.25, 0.3) is 5.91 Å². The van der Waals surface area contributed by atoms with Crippen molar-refractivity contribution in [2.45, 2.75) is 57.7 Å². The Balaban J connectivity index is 1.57. The highest BCUT2D eigenvalue weighted by molar-refractivity contribution is 6.00. The van der Waals surface area contributed by atoms with Gasteiger partial charge in [-0.3, -0.25) is 9.59 Å². The number of hydrogen-bond acceptors (Lipinski definition) is 6. The Kier molecular flexibility index (Phi) is 10.2. The molecule has 2 amide bonds. The van der Waals surface area contributed by atoms with Gasteiger partial charge < -0.3 is 30.3 Å². The molecule has 0 unspecified atom stereocenters. The van der Waals surface area contributed by atoms with E-state index >= 15 is 0 Å². The topological polar surface area (TPSA) is 94.1 Å². The van der Waals surface area contributed by atoms with Crippen molar-refractivity contribution in [3.05, 3.63) is 89.5 Å². The van der Waals surface area contributed by atoms with Crippen LogP contribution in [0.1, 0.15) is 55.1 Å². The number of amides is 2. The van der Waals surface area contributed by atoms with Crippen LogP contribution >= 0.6 is 0 Å². The predicted molar refractivity (Wildman–Crippen MR) is 168 cm³/mol. The molecule has 1 heterocycles. The van der Waals surface area contributed by atoms with Gasteiger partial charge in [-0.15, -0.1) is 0 Å². The molecule has 0 saturated carbocycles. The van der Waals surface area contributed by atoms with Gasteiger partial charge in [-0.25, -0.2) is 0 Å². The highest BCUT2D eigenvalue weighted by Gasteiger charge is 2.28. The van der Waals surface area contributed by atoms with Crippen LogP contribution < -0.4 is 25.2 Å². The molecule has 224 valence electrons. The van der Waals surface area contributed by atoms with Crippen molar-refractivity contribution in [2.75, 3.05) is 43.6 Å². The SMILES string of the molecule is CCN(C)c1cc(C(=O)N[C@@H](Cc2ccccc2)[C@@H](O)CNC(C)(C)c2cccc(OC)c2)cc(N2CCCC2=O)c1. The number of nitrogens with one attached hydrogen (secondary N) is 2. The smallest absolute Gasteiger partial charge is 0.251 e. The van der Waals surface area contributed by atoms with E-state index < -0.39 is 17.7 Å². The predicted octanol–water partition coefficient (Wildman–Crippen LogP) is 4.51. The third kappa shape index (κ3) is 7.69. The number of carbonyl (C=O) groups excluding carboxylic acids is 2. The van der Waals surface area contributed by atoms with Crippen molar-refractivity contribution in [3.8, 4) is 5.75 Å². The molecule has 2 atom stereocenters. The molecule has 0 radical (unpaired) electrons. The molecule has 1 fully saturated rings. The molecule has 3 aromatic rings. The normalized spacial score (nSPS) is 14.9. The van der Waals surface area contributed by atoms with Crippen LogP contribution in [-0.4, -0.2) is 62.9 Å². The Morgan fingerprint density at radius 1 is 1.10 bits per heavy atom. The zero-order chi connectivity index (χ0) is 30.3. The summed E-state index contributed by atoms with van der Waals surface area (Å²) >= 11 is 0. The molecule has 1 aliphatic rings. The number of aliphatic hydroxyl groups is 1. The van der Waals surface area contributed by atoms with Gasteiger partial charge in [-0.05, 0) is 75.1 Å². The van der Waals surface area contributed by atoms with Crippen molar-refractivity contribution in [1.82, 2.24) is 10.6 Å². The maximum atomic E-state index is 13.8. The highest BCUT2D eigenvalue weighted by Crippen LogP contribution is 2.29. The number of aliphatic hydroxyl groups excluding tert-OH is 1. The average Bonchev–Trinajstić information content (AvgIpc) is 3.45. The van der Waals surface area contributed by atoms with Crippen molar-refractivity contribution >= 4 is 23.2 Å². The van der Waals surface area contributed by atoms with Gasteiger partial charge in [-0.2, -0.15) is 0 Å². The lowest BCUT2D eigenvalue weighted by Gasteiger charge is -2.31. The van der Waals surface area contributed by atoms with Crippen molar-refractivity contribution in [1.29, 1.82) is 0 Å². The zero-order valence-corrected chi connectivity index (χ0v) is 25.4. The summed E-state index contributed by atoms with van der Waals surface area (Å²) in [5.74, 6) is 0.545. The number of carbonyl (C=O) groups is 2. The number of anilines is 2. The molecule has 1 aliphatic heterocycles. The maximum Gasteiger partial charge on any atom is 0.251 e. The monoisotopic (exact) mass is 572 g/mol. The van der Waals surface area contributed by atoms with Gasteiger partial charge in [0.05, 0.1) is 19.3 Å². The summed E-state index contributed by atoms with van der Waals surface area (Å²) in [6.07, 6.45) is 0.902. The molecule has 0 aliphatic carbocycles. The van der Waals surface area contributed by atoms with E-state index in [1.54, 1.807) is 18.1 Å². The molecule has 8 heteroatoms. The second-order valence-electron chi connectivity index (χ2n) is 11.5. The van der Waals surface area contributed by atoms with Crippen LogP contribution in [0, 0.1) is 0 Å². The Morgan fingerprint density at radius 3 is 2.52 bits per heavy atom. The first-order chi connectivity index (χ1) is 20.1. The summed E-state index contributed by atoms with van der Waals surface area (Å²) in [6.45, 7) is 7.80. The maximum absolute atomic E-state index is 13.8. The minimum absolute atomic E-state index is 0.0692. The Morgan fingerprint density at radius 2 is 1.86 bits per heavy atom. The Labute approximate surface area is 249 Å². The van der Waals surface area contributed by atoms with E-state index in [0.717, 1.165) is 41.2 Å². The molecular weight excluding hydrogens is 528 g/mol. The molecule has 0 aromatic heterocycles. The molecule has 0 bridgehead atoms. The molecule has 4 rings (SSSR count). The lowest BCUT2D eigenvalue weighted by atomic mass is 9.93. The first kappa shape index (κ1) is 31.1. The first-order valence-electron chi connectivity index (χ1n) is 14.7. The first-order valence-corrected chi connectivity index (χ1v) is 14.7. The van der Waals surface area contributed by atoms with E-state index in [0.29, 0.717) is 24.9 Å². The Bertz CT molecular complexity index is 1360. The van der Waals surface area contributed by atoms with Gasteiger partial charge >= 0.3 is 0 Å². The number of rotatable bonds is 13. The van der Waals surface area contributed by atoms with Crippen LogP contribution in [0.15, 0.2) is 72.8 Å². The number of nitrogens with zero attached hydrogens (tertiary/aromatic N) is 2. The van der Waals surface area contributed by atoms with Gasteiger partial charge in [-0.1, -0.05) is 42.5 Å². The van der Waals surface area contributed by atoms with Crippen LogP contribution in [0.2, 0.25) is 0 Å². The quantitative estimate of drug-likeness (QED) is 0.279. The van der Waals surface area contributed by atoms with Crippen LogP contribution in [0.25, 0.3) is 0 Å². The minimum atomic E-state index is -0.875. The fourth-order valence-electron chi connectivity index (χ4n) is 5.23. The van der Waals surface area contributed by atoms with Gasteiger partial charge in [0.15, 0.2) is 0 Å². The molecule has 8 nitrogen and oxygen atoms in total. The highest BCUT2D eigenvalue weighted by atomic mass is 16.5. The van der Waals surface area contributed by atoms with Crippen LogP contribution in [0.3, 0.4) is 0 Å². The van der Waals surface area contributed by atoms with E-state index in [2.05, 4.69) is 24.5 Å². The zero-order valence-electron chi connectivity index (χ0n) is 25.4. The van der Waals surface area contributed by atoms with E-state index in [-0.39, 0.29) is 18.4 Å². The second-order valence-corrected chi connectivity index (χ2v) is 11.5. The van der Waals surface area contributed by atoms with Gasteiger partial charge in [0, 0.05) is 55.6 Å². The number of hydrogen-bond donors (Lipinski definition) is 3. The largest absolute Gasteiger partial charge is 0.497 e. The van der Waals surface area contributed by atoms with Crippen molar-refractivity contribution in [3.63, 3.8) is 0 Å². The van der Waals surface area contributed by atoms with Crippen LogP contribution in [-0.2, 0) is 16.8 Å². The van der Waals surface area contributed by atoms with Crippen molar-refractivity contribution in [2.24, 2.45) is 0 Å². The second kappa shape index (κ2) is 13.9. The van der Waals surface area contributed by atoms with Crippen molar-refractivity contribution < 1.29 is 19.4 Å². The lowest BCUT2D eigenvalue weighted by Crippen LogP contribution is -2.51. The summed E-state index contributed by atoms with van der Waals surface area (Å²) in [6, 6.07) is 22.7. The molecule has 3 N–H and O–H groups in total. The molecule has 0 spiro atoms. The van der Waals surface area contributed by atoms with Gasteiger partial charge in [0.2, 0.25) is 5.91 Å². The van der Waals surface area contributed by atoms with Gasteiger partial charge in [0.1, 0.15) is 5.75 Å². The molecule has 3 aromatic carbocycles. The number of methoxy groups -OCH3 is 1. The molecule has 1 saturated heterocycles. The summed E-state index contributed by atoms with van der Waals surface area (Å²) in [5, 5.41) is 18.1. The number of ether oxygens (including phenoxy) is 1. The van der Waals surface area contributed by atoms with E-state index in [9.17, 15) is 14.7 Å². The fourth-order valence-corrected chi connectivity index (χ4v) is 5.23. The number of benzene rings is 3. The lowest BCUT2D eigenvalue weighted by molar-refractivity contribution is -0.117. The summed E-state index contributed by atoms with van der Waals surface area (Å²) in [5.41, 5.74) is 3.63. The van der Waals surface area contributed by atoms with Crippen LogP contribution in [0.4, 0.5) is 11.4 Å².